The molecular weight excluding hydrogens is 336 g/mol. The van der Waals surface area contributed by atoms with Gasteiger partial charge in [-0.1, -0.05) is 17.7 Å². The molecule has 1 fully saturated rings. The Labute approximate surface area is 115 Å². The summed E-state index contributed by atoms with van der Waals surface area (Å²) in [5, 5.41) is 0.216. The summed E-state index contributed by atoms with van der Waals surface area (Å²) < 4.78 is 48.9. The third-order valence-electron chi connectivity index (χ3n) is 2.39. The topological polar surface area (TPSA) is 21.8 Å². The highest BCUT2D eigenvalue weighted by molar-refractivity contribution is 9.10. The van der Waals surface area contributed by atoms with Gasteiger partial charge in [-0.25, -0.2) is 0 Å². The zero-order chi connectivity index (χ0) is 13.3. The molecule has 0 aromatic heterocycles. The standard InChI is InChI=1S/C11H9BrClF3O2/c12-8-2-1-6(3-9(8)13)10(11(14,15)16)18-5-7-4-17-7/h1-3,7,10H,4-5H2/t7-,10+/m1/s1. The largest absolute Gasteiger partial charge is 0.418 e. The second kappa shape index (κ2) is 5.36. The maximum atomic E-state index is 12.9. The summed E-state index contributed by atoms with van der Waals surface area (Å²) in [6.45, 7) is 0.379. The Kier molecular flexibility index (Phi) is 4.21. The van der Waals surface area contributed by atoms with Crippen molar-refractivity contribution >= 4 is 27.5 Å². The third kappa shape index (κ3) is 3.60. The van der Waals surface area contributed by atoms with Crippen molar-refractivity contribution in [1.82, 2.24) is 0 Å². The molecule has 0 unspecified atom stereocenters. The Morgan fingerprint density at radius 2 is 2.17 bits per heavy atom. The lowest BCUT2D eigenvalue weighted by molar-refractivity contribution is -0.224. The van der Waals surface area contributed by atoms with Crippen molar-refractivity contribution < 1.29 is 22.6 Å². The van der Waals surface area contributed by atoms with Gasteiger partial charge in [-0.3, -0.25) is 0 Å². The molecule has 2 atom stereocenters. The molecule has 1 aliphatic rings. The Hall–Kier alpha value is -0.300. The van der Waals surface area contributed by atoms with Crippen molar-refractivity contribution in [2.75, 3.05) is 13.2 Å². The Morgan fingerprint density at radius 3 is 2.67 bits per heavy atom. The van der Waals surface area contributed by atoms with Crippen LogP contribution in [0.1, 0.15) is 11.7 Å². The SMILES string of the molecule is FC(F)(F)[C@@H](OC[C@H]1CO1)c1ccc(Br)c(Cl)c1. The first kappa shape index (κ1) is 14.1. The van der Waals surface area contributed by atoms with Crippen LogP contribution in [-0.2, 0) is 9.47 Å². The summed E-state index contributed by atoms with van der Waals surface area (Å²) in [5.74, 6) is 0. The predicted octanol–water partition coefficient (Wildman–Crippen LogP) is 4.12. The minimum atomic E-state index is -4.48. The summed E-state index contributed by atoms with van der Waals surface area (Å²) in [6.07, 6.45) is -6.68. The average Bonchev–Trinajstić information content (AvgIpc) is 3.05. The summed E-state index contributed by atoms with van der Waals surface area (Å²) in [7, 11) is 0. The number of epoxide rings is 1. The molecule has 1 aromatic rings. The average molecular weight is 346 g/mol. The maximum absolute atomic E-state index is 12.9. The first-order valence-electron chi connectivity index (χ1n) is 5.13. The van der Waals surface area contributed by atoms with Crippen LogP contribution in [0, 0.1) is 0 Å². The normalized spacial score (nSPS) is 20.8. The monoisotopic (exact) mass is 344 g/mol. The van der Waals surface area contributed by atoms with E-state index < -0.39 is 12.3 Å². The van der Waals surface area contributed by atoms with E-state index in [-0.39, 0.29) is 23.3 Å². The van der Waals surface area contributed by atoms with Crippen molar-refractivity contribution in [2.45, 2.75) is 18.4 Å². The molecule has 2 rings (SSSR count). The highest BCUT2D eigenvalue weighted by atomic mass is 79.9. The molecule has 1 heterocycles. The van der Waals surface area contributed by atoms with Gasteiger partial charge >= 0.3 is 6.18 Å². The molecule has 0 saturated carbocycles. The predicted molar refractivity (Wildman–Crippen MR) is 63.6 cm³/mol. The Balaban J connectivity index is 2.17. The Morgan fingerprint density at radius 1 is 1.50 bits per heavy atom. The van der Waals surface area contributed by atoms with Crippen LogP contribution in [0.25, 0.3) is 0 Å². The third-order valence-corrected chi connectivity index (χ3v) is 3.63. The fraction of sp³-hybridized carbons (Fsp3) is 0.455. The summed E-state index contributed by atoms with van der Waals surface area (Å²) in [4.78, 5) is 0. The van der Waals surface area contributed by atoms with Gasteiger partial charge in [0, 0.05) is 4.47 Å². The van der Waals surface area contributed by atoms with Gasteiger partial charge in [0.25, 0.3) is 0 Å². The zero-order valence-corrected chi connectivity index (χ0v) is 11.3. The van der Waals surface area contributed by atoms with Gasteiger partial charge in [-0.15, -0.1) is 0 Å². The molecule has 0 spiro atoms. The highest BCUT2D eigenvalue weighted by Gasteiger charge is 2.43. The van der Waals surface area contributed by atoms with Crippen molar-refractivity contribution in [3.05, 3.63) is 33.3 Å². The van der Waals surface area contributed by atoms with E-state index in [9.17, 15) is 13.2 Å². The maximum Gasteiger partial charge on any atom is 0.418 e. The van der Waals surface area contributed by atoms with Crippen LogP contribution in [0.3, 0.4) is 0 Å². The zero-order valence-electron chi connectivity index (χ0n) is 9.01. The molecule has 1 saturated heterocycles. The first-order valence-corrected chi connectivity index (χ1v) is 6.30. The summed E-state index contributed by atoms with van der Waals surface area (Å²) in [6, 6.07) is 4.05. The molecule has 7 heteroatoms. The van der Waals surface area contributed by atoms with Gasteiger partial charge in [0.15, 0.2) is 6.10 Å². The van der Waals surface area contributed by atoms with E-state index in [1.54, 1.807) is 0 Å². The fourth-order valence-electron chi connectivity index (χ4n) is 1.42. The van der Waals surface area contributed by atoms with E-state index in [0.29, 0.717) is 11.1 Å². The smallest absolute Gasteiger partial charge is 0.371 e. The fourth-order valence-corrected chi connectivity index (χ4v) is 1.86. The van der Waals surface area contributed by atoms with Crippen LogP contribution < -0.4 is 0 Å². The van der Waals surface area contributed by atoms with Gasteiger partial charge in [-0.2, -0.15) is 13.2 Å². The van der Waals surface area contributed by atoms with E-state index in [1.165, 1.54) is 18.2 Å². The molecule has 100 valence electrons. The van der Waals surface area contributed by atoms with E-state index in [0.717, 1.165) is 0 Å². The molecule has 18 heavy (non-hydrogen) atoms. The minimum Gasteiger partial charge on any atom is -0.371 e. The van der Waals surface area contributed by atoms with E-state index in [2.05, 4.69) is 15.9 Å². The van der Waals surface area contributed by atoms with Crippen LogP contribution >= 0.6 is 27.5 Å². The molecule has 0 amide bonds. The number of alkyl halides is 3. The number of benzene rings is 1. The van der Waals surface area contributed by atoms with Crippen molar-refractivity contribution in [3.8, 4) is 0 Å². The molecule has 0 bridgehead atoms. The number of halogens is 5. The van der Waals surface area contributed by atoms with Crippen LogP contribution in [0.4, 0.5) is 13.2 Å². The molecule has 1 aromatic carbocycles. The van der Waals surface area contributed by atoms with Gasteiger partial charge < -0.3 is 9.47 Å². The van der Waals surface area contributed by atoms with Crippen LogP contribution in [-0.4, -0.2) is 25.5 Å². The molecule has 0 radical (unpaired) electrons. The Bertz CT molecular complexity index is 435. The van der Waals surface area contributed by atoms with Gasteiger partial charge in [0.1, 0.15) is 6.10 Å². The quantitative estimate of drug-likeness (QED) is 0.766. The molecular formula is C11H9BrClF3O2. The van der Waals surface area contributed by atoms with Gasteiger partial charge in [-0.05, 0) is 33.6 Å². The first-order chi connectivity index (χ1) is 8.38. The number of ether oxygens (including phenoxy) is 2. The highest BCUT2D eigenvalue weighted by Crippen LogP contribution is 2.38. The van der Waals surface area contributed by atoms with E-state index >= 15 is 0 Å². The van der Waals surface area contributed by atoms with Crippen LogP contribution in [0.2, 0.25) is 5.02 Å². The lowest BCUT2D eigenvalue weighted by Gasteiger charge is -2.21. The van der Waals surface area contributed by atoms with E-state index in [4.69, 9.17) is 21.1 Å². The van der Waals surface area contributed by atoms with Crippen LogP contribution in [0.15, 0.2) is 22.7 Å². The van der Waals surface area contributed by atoms with Gasteiger partial charge in [0.05, 0.1) is 18.2 Å². The van der Waals surface area contributed by atoms with Crippen molar-refractivity contribution in [1.29, 1.82) is 0 Å². The van der Waals surface area contributed by atoms with E-state index in [1.807, 2.05) is 0 Å². The molecule has 0 aliphatic carbocycles. The lowest BCUT2D eigenvalue weighted by Crippen LogP contribution is -2.25. The molecule has 0 N–H and O–H groups in total. The molecule has 2 nitrogen and oxygen atoms in total. The second-order valence-electron chi connectivity index (χ2n) is 3.88. The minimum absolute atomic E-state index is 0.0173. The van der Waals surface area contributed by atoms with Gasteiger partial charge in [0.2, 0.25) is 0 Å². The number of rotatable bonds is 4. The summed E-state index contributed by atoms with van der Waals surface area (Å²) >= 11 is 8.92. The summed E-state index contributed by atoms with van der Waals surface area (Å²) in [5.41, 5.74) is -0.0173. The number of hydrogen-bond donors (Lipinski definition) is 0. The van der Waals surface area contributed by atoms with Crippen molar-refractivity contribution in [3.63, 3.8) is 0 Å². The van der Waals surface area contributed by atoms with Crippen LogP contribution in [0.5, 0.6) is 0 Å². The second-order valence-corrected chi connectivity index (χ2v) is 5.15. The van der Waals surface area contributed by atoms with Crippen molar-refractivity contribution in [2.24, 2.45) is 0 Å². The lowest BCUT2D eigenvalue weighted by atomic mass is 10.1. The molecule has 1 aliphatic heterocycles. The number of hydrogen-bond acceptors (Lipinski definition) is 2.